The summed E-state index contributed by atoms with van der Waals surface area (Å²) in [5.41, 5.74) is 3.08. The first-order valence-corrected chi connectivity index (χ1v) is 11.8. The van der Waals surface area contributed by atoms with Crippen LogP contribution in [0.1, 0.15) is 53.2 Å². The largest absolute Gasteiger partial charge is 0.497 e. The maximum atomic E-state index is 12.9. The average molecular weight is 458 g/mol. The van der Waals surface area contributed by atoms with Crippen LogP contribution >= 0.6 is 0 Å². The summed E-state index contributed by atoms with van der Waals surface area (Å²) in [4.78, 5) is 25.7. The second kappa shape index (κ2) is 11.5. The highest BCUT2D eigenvalue weighted by molar-refractivity contribution is 6.04. The van der Waals surface area contributed by atoms with E-state index < -0.39 is 0 Å². The Bertz CT molecular complexity index is 1090. The molecule has 3 aromatic carbocycles. The van der Waals surface area contributed by atoms with Crippen LogP contribution in [0.3, 0.4) is 0 Å². The molecule has 0 bridgehead atoms. The van der Waals surface area contributed by atoms with Crippen molar-refractivity contribution in [3.05, 3.63) is 95.6 Å². The number of nitrogens with one attached hydrogen (secondary N) is 3. The van der Waals surface area contributed by atoms with E-state index in [1.54, 1.807) is 19.2 Å². The summed E-state index contributed by atoms with van der Waals surface area (Å²) in [7, 11) is 1.64. The van der Waals surface area contributed by atoms with E-state index >= 15 is 0 Å². The van der Waals surface area contributed by atoms with Crippen molar-refractivity contribution in [1.29, 1.82) is 0 Å². The Hall–Kier alpha value is -3.64. The van der Waals surface area contributed by atoms with Crippen LogP contribution in [0.2, 0.25) is 0 Å². The minimum absolute atomic E-state index is 0.0875. The van der Waals surface area contributed by atoms with E-state index in [1.165, 1.54) is 0 Å². The van der Waals surface area contributed by atoms with E-state index in [-0.39, 0.29) is 30.4 Å². The van der Waals surface area contributed by atoms with Crippen LogP contribution in [0, 0.1) is 0 Å². The number of hydrogen-bond acceptors (Lipinski definition) is 4. The summed E-state index contributed by atoms with van der Waals surface area (Å²) in [5.74, 6) is 0.424. The normalized spacial score (nSPS) is 14.4. The SMILES string of the molecule is COc1ccc([C@H](NCC(=O)Nc2ccccc2C(=O)NC2CCCC2)c2ccccc2)cc1. The maximum Gasteiger partial charge on any atom is 0.253 e. The smallest absolute Gasteiger partial charge is 0.253 e. The Kier molecular flexibility index (Phi) is 7.94. The zero-order valence-electron chi connectivity index (χ0n) is 19.4. The van der Waals surface area contributed by atoms with Crippen molar-refractivity contribution in [2.24, 2.45) is 0 Å². The molecule has 34 heavy (non-hydrogen) atoms. The van der Waals surface area contributed by atoms with Crippen LogP contribution in [0.5, 0.6) is 5.75 Å². The third-order valence-electron chi connectivity index (χ3n) is 6.18. The number of ether oxygens (including phenoxy) is 1. The molecule has 0 radical (unpaired) electrons. The number of carbonyl (C=O) groups is 2. The highest BCUT2D eigenvalue weighted by Gasteiger charge is 2.21. The van der Waals surface area contributed by atoms with Gasteiger partial charge in [0, 0.05) is 6.04 Å². The topological polar surface area (TPSA) is 79.5 Å². The fourth-order valence-electron chi connectivity index (χ4n) is 4.38. The third kappa shape index (κ3) is 6.02. The number of hydrogen-bond donors (Lipinski definition) is 3. The lowest BCUT2D eigenvalue weighted by Gasteiger charge is -2.20. The van der Waals surface area contributed by atoms with Gasteiger partial charge in [0.1, 0.15) is 5.75 Å². The highest BCUT2D eigenvalue weighted by atomic mass is 16.5. The Morgan fingerprint density at radius 1 is 0.882 bits per heavy atom. The molecule has 6 nitrogen and oxygen atoms in total. The van der Waals surface area contributed by atoms with Gasteiger partial charge >= 0.3 is 0 Å². The predicted octanol–water partition coefficient (Wildman–Crippen LogP) is 4.69. The summed E-state index contributed by atoms with van der Waals surface area (Å²) < 4.78 is 5.27. The first-order valence-electron chi connectivity index (χ1n) is 11.8. The van der Waals surface area contributed by atoms with Gasteiger partial charge in [0.2, 0.25) is 5.91 Å². The highest BCUT2D eigenvalue weighted by Crippen LogP contribution is 2.24. The molecule has 1 atom stereocenters. The van der Waals surface area contributed by atoms with Gasteiger partial charge in [-0.25, -0.2) is 0 Å². The summed E-state index contributed by atoms with van der Waals surface area (Å²) in [6, 6.07) is 25.0. The Labute approximate surface area is 200 Å². The molecule has 4 rings (SSSR count). The summed E-state index contributed by atoms with van der Waals surface area (Å²) >= 11 is 0. The quantitative estimate of drug-likeness (QED) is 0.436. The number of methoxy groups -OCH3 is 1. The van der Waals surface area contributed by atoms with Gasteiger partial charge in [0.15, 0.2) is 0 Å². The van der Waals surface area contributed by atoms with Crippen molar-refractivity contribution in [2.75, 3.05) is 19.0 Å². The van der Waals surface area contributed by atoms with E-state index in [9.17, 15) is 9.59 Å². The molecule has 3 aromatic rings. The molecule has 0 saturated heterocycles. The molecule has 0 heterocycles. The molecular weight excluding hydrogens is 426 g/mol. The van der Waals surface area contributed by atoms with Gasteiger partial charge < -0.3 is 15.4 Å². The van der Waals surface area contributed by atoms with Crippen LogP contribution in [0.4, 0.5) is 5.69 Å². The molecule has 1 saturated carbocycles. The van der Waals surface area contributed by atoms with Gasteiger partial charge in [-0.1, -0.05) is 67.4 Å². The summed E-state index contributed by atoms with van der Waals surface area (Å²) in [5, 5.41) is 9.37. The predicted molar refractivity (Wildman–Crippen MR) is 134 cm³/mol. The van der Waals surface area contributed by atoms with Crippen LogP contribution in [0.25, 0.3) is 0 Å². The monoisotopic (exact) mass is 457 g/mol. The Morgan fingerprint density at radius 2 is 1.53 bits per heavy atom. The van der Waals surface area contributed by atoms with Crippen molar-refractivity contribution in [1.82, 2.24) is 10.6 Å². The lowest BCUT2D eigenvalue weighted by molar-refractivity contribution is -0.115. The van der Waals surface area contributed by atoms with Crippen LogP contribution in [-0.2, 0) is 4.79 Å². The maximum absolute atomic E-state index is 12.9. The average Bonchev–Trinajstić information content (AvgIpc) is 3.38. The number of amides is 2. The summed E-state index contributed by atoms with van der Waals surface area (Å²) in [6.07, 6.45) is 4.31. The number of para-hydroxylation sites is 1. The number of rotatable bonds is 9. The number of benzene rings is 3. The molecule has 0 unspecified atom stereocenters. The first kappa shape index (κ1) is 23.5. The Morgan fingerprint density at radius 3 is 2.24 bits per heavy atom. The number of carbonyl (C=O) groups excluding carboxylic acids is 2. The minimum atomic E-state index is -0.212. The van der Waals surface area contributed by atoms with E-state index in [1.807, 2.05) is 66.7 Å². The lowest BCUT2D eigenvalue weighted by Crippen LogP contribution is -2.34. The van der Waals surface area contributed by atoms with Gasteiger partial charge in [-0.2, -0.15) is 0 Å². The molecule has 0 aromatic heterocycles. The fourth-order valence-corrected chi connectivity index (χ4v) is 4.38. The van der Waals surface area contributed by atoms with Crippen LogP contribution in [-0.4, -0.2) is 31.5 Å². The standard InChI is InChI=1S/C28H31N3O3/c1-34-23-17-15-21(16-18-23)27(20-9-3-2-4-10-20)29-19-26(32)31-25-14-8-7-13-24(25)28(33)30-22-11-5-6-12-22/h2-4,7-10,13-18,22,27,29H,5-6,11-12,19H2,1H3,(H,30,33)(H,31,32)/t27-/m1/s1. The zero-order valence-corrected chi connectivity index (χ0v) is 19.4. The van der Waals surface area contributed by atoms with Crippen LogP contribution in [0.15, 0.2) is 78.9 Å². The van der Waals surface area contributed by atoms with Crippen molar-refractivity contribution in [3.63, 3.8) is 0 Å². The van der Waals surface area contributed by atoms with Gasteiger partial charge in [0.25, 0.3) is 5.91 Å². The van der Waals surface area contributed by atoms with E-state index in [0.29, 0.717) is 11.3 Å². The molecule has 2 amide bonds. The first-order chi connectivity index (χ1) is 16.6. The minimum Gasteiger partial charge on any atom is -0.497 e. The molecule has 0 spiro atoms. The number of anilines is 1. The van der Waals surface area contributed by atoms with E-state index in [0.717, 1.165) is 42.6 Å². The fraction of sp³-hybridized carbons (Fsp3) is 0.286. The molecule has 176 valence electrons. The van der Waals surface area contributed by atoms with E-state index in [4.69, 9.17) is 4.74 Å². The molecule has 1 aliphatic carbocycles. The van der Waals surface area contributed by atoms with E-state index in [2.05, 4.69) is 16.0 Å². The second-order valence-electron chi connectivity index (χ2n) is 8.55. The zero-order chi connectivity index (χ0) is 23.8. The van der Waals surface area contributed by atoms with Gasteiger partial charge in [-0.05, 0) is 48.2 Å². The second-order valence-corrected chi connectivity index (χ2v) is 8.55. The van der Waals surface area contributed by atoms with Crippen molar-refractivity contribution < 1.29 is 14.3 Å². The molecule has 1 fully saturated rings. The van der Waals surface area contributed by atoms with Gasteiger partial charge in [0.05, 0.1) is 30.9 Å². The van der Waals surface area contributed by atoms with Gasteiger partial charge in [-0.3, -0.25) is 14.9 Å². The lowest BCUT2D eigenvalue weighted by atomic mass is 9.98. The molecular formula is C28H31N3O3. The van der Waals surface area contributed by atoms with Crippen molar-refractivity contribution in [3.8, 4) is 5.75 Å². The summed E-state index contributed by atoms with van der Waals surface area (Å²) in [6.45, 7) is 0.0875. The molecule has 3 N–H and O–H groups in total. The molecule has 1 aliphatic rings. The molecule has 0 aliphatic heterocycles. The van der Waals surface area contributed by atoms with Crippen molar-refractivity contribution >= 4 is 17.5 Å². The third-order valence-corrected chi connectivity index (χ3v) is 6.18. The van der Waals surface area contributed by atoms with Gasteiger partial charge in [-0.15, -0.1) is 0 Å². The Balaban J connectivity index is 1.44. The molecule has 6 heteroatoms. The van der Waals surface area contributed by atoms with Crippen LogP contribution < -0.4 is 20.7 Å². The van der Waals surface area contributed by atoms with Crippen molar-refractivity contribution in [2.45, 2.75) is 37.8 Å².